The van der Waals surface area contributed by atoms with E-state index in [0.29, 0.717) is 11.3 Å². The van der Waals surface area contributed by atoms with Crippen LogP contribution in [0.4, 0.5) is 5.69 Å². The summed E-state index contributed by atoms with van der Waals surface area (Å²) in [6.45, 7) is 1.72. The number of carboxylic acids is 1. The maximum Gasteiger partial charge on any atom is 0.335 e. The van der Waals surface area contributed by atoms with E-state index >= 15 is 0 Å². The first-order chi connectivity index (χ1) is 9.08. The van der Waals surface area contributed by atoms with Gasteiger partial charge in [-0.1, -0.05) is 0 Å². The molecule has 2 rings (SSSR count). The van der Waals surface area contributed by atoms with Crippen LogP contribution in [0, 0.1) is 6.92 Å². The van der Waals surface area contributed by atoms with Crippen molar-refractivity contribution in [2.75, 3.05) is 5.32 Å². The number of benzene rings is 1. The molecule has 1 heterocycles. The largest absolute Gasteiger partial charge is 0.478 e. The second-order valence-corrected chi connectivity index (χ2v) is 3.88. The molecule has 1 amide bonds. The summed E-state index contributed by atoms with van der Waals surface area (Å²) in [5.41, 5.74) is 1.58. The number of nitrogens with one attached hydrogen (secondary N) is 1. The lowest BCUT2D eigenvalue weighted by atomic mass is 10.1. The van der Waals surface area contributed by atoms with E-state index in [4.69, 9.17) is 5.11 Å². The molecule has 19 heavy (non-hydrogen) atoms. The number of carboxylic acid groups (broad SMARTS) is 1. The monoisotopic (exact) mass is 257 g/mol. The van der Waals surface area contributed by atoms with Gasteiger partial charge in [0.25, 0.3) is 5.91 Å². The van der Waals surface area contributed by atoms with Gasteiger partial charge in [0.2, 0.25) is 0 Å². The predicted molar refractivity (Wildman–Crippen MR) is 68.1 cm³/mol. The Balaban J connectivity index is 2.20. The molecular weight excluding hydrogens is 246 g/mol. The number of aryl methyl sites for hydroxylation is 1. The van der Waals surface area contributed by atoms with E-state index in [1.807, 2.05) is 0 Å². The molecule has 0 atom stereocenters. The first-order valence-electron chi connectivity index (χ1n) is 5.49. The first kappa shape index (κ1) is 12.7. The van der Waals surface area contributed by atoms with E-state index in [1.165, 1.54) is 30.7 Å². The van der Waals surface area contributed by atoms with Crippen LogP contribution >= 0.6 is 0 Å². The van der Waals surface area contributed by atoms with Crippen LogP contribution < -0.4 is 5.32 Å². The Morgan fingerprint density at radius 3 is 2.63 bits per heavy atom. The number of aromatic carboxylic acids is 1. The Hall–Kier alpha value is -2.76. The normalized spacial score (nSPS) is 9.95. The Labute approximate surface area is 109 Å². The van der Waals surface area contributed by atoms with Crippen LogP contribution in [0.5, 0.6) is 0 Å². The summed E-state index contributed by atoms with van der Waals surface area (Å²) in [7, 11) is 0. The number of aromatic nitrogens is 2. The van der Waals surface area contributed by atoms with Crippen molar-refractivity contribution in [2.24, 2.45) is 0 Å². The van der Waals surface area contributed by atoms with Crippen LogP contribution in [-0.4, -0.2) is 27.0 Å². The molecule has 0 aliphatic heterocycles. The van der Waals surface area contributed by atoms with Gasteiger partial charge in [-0.25, -0.2) is 9.78 Å². The third-order valence-electron chi connectivity index (χ3n) is 2.52. The van der Waals surface area contributed by atoms with Crippen molar-refractivity contribution in [1.82, 2.24) is 9.97 Å². The number of carbonyl (C=O) groups excluding carboxylic acids is 1. The summed E-state index contributed by atoms with van der Waals surface area (Å²) in [6.07, 6.45) is 4.26. The molecule has 1 aromatic heterocycles. The van der Waals surface area contributed by atoms with Crippen molar-refractivity contribution in [2.45, 2.75) is 6.92 Å². The summed E-state index contributed by atoms with van der Waals surface area (Å²) < 4.78 is 0. The van der Waals surface area contributed by atoms with Crippen LogP contribution in [0.3, 0.4) is 0 Å². The molecule has 6 nitrogen and oxygen atoms in total. The lowest BCUT2D eigenvalue weighted by Gasteiger charge is -2.08. The van der Waals surface area contributed by atoms with Gasteiger partial charge in [-0.2, -0.15) is 0 Å². The highest BCUT2D eigenvalue weighted by Gasteiger charge is 2.10. The van der Waals surface area contributed by atoms with E-state index < -0.39 is 5.97 Å². The van der Waals surface area contributed by atoms with Gasteiger partial charge in [0.05, 0.1) is 11.8 Å². The molecule has 2 aromatic rings. The van der Waals surface area contributed by atoms with Gasteiger partial charge in [-0.05, 0) is 30.7 Å². The quantitative estimate of drug-likeness (QED) is 0.873. The van der Waals surface area contributed by atoms with Gasteiger partial charge in [0.1, 0.15) is 5.69 Å². The molecule has 2 N–H and O–H groups in total. The van der Waals surface area contributed by atoms with Crippen molar-refractivity contribution in [3.05, 3.63) is 53.6 Å². The molecular formula is C13H11N3O3. The average Bonchev–Trinajstić information content (AvgIpc) is 2.41. The summed E-state index contributed by atoms with van der Waals surface area (Å²) in [6, 6.07) is 4.48. The second kappa shape index (κ2) is 5.26. The number of amides is 1. The number of anilines is 1. The maximum atomic E-state index is 11.9. The molecule has 0 aliphatic carbocycles. The van der Waals surface area contributed by atoms with Crippen molar-refractivity contribution in [3.63, 3.8) is 0 Å². The highest BCUT2D eigenvalue weighted by atomic mass is 16.4. The molecule has 0 saturated carbocycles. The van der Waals surface area contributed by atoms with Crippen molar-refractivity contribution >= 4 is 17.6 Å². The van der Waals surface area contributed by atoms with Crippen LogP contribution in [0.2, 0.25) is 0 Å². The zero-order valence-electron chi connectivity index (χ0n) is 10.1. The van der Waals surface area contributed by atoms with Gasteiger partial charge in [-0.3, -0.25) is 9.78 Å². The van der Waals surface area contributed by atoms with Crippen molar-refractivity contribution in [3.8, 4) is 0 Å². The molecule has 0 spiro atoms. The van der Waals surface area contributed by atoms with Gasteiger partial charge < -0.3 is 10.4 Å². The lowest BCUT2D eigenvalue weighted by molar-refractivity contribution is 0.0696. The number of nitrogens with zero attached hydrogens (tertiary/aromatic N) is 2. The van der Waals surface area contributed by atoms with E-state index in [-0.39, 0.29) is 17.2 Å². The molecule has 0 aliphatic rings. The zero-order valence-corrected chi connectivity index (χ0v) is 10.1. The van der Waals surface area contributed by atoms with Gasteiger partial charge >= 0.3 is 5.97 Å². The smallest absolute Gasteiger partial charge is 0.335 e. The molecule has 0 radical (unpaired) electrons. The lowest BCUT2D eigenvalue weighted by Crippen LogP contribution is -2.14. The summed E-state index contributed by atoms with van der Waals surface area (Å²) in [5, 5.41) is 11.5. The van der Waals surface area contributed by atoms with Crippen LogP contribution in [0.25, 0.3) is 0 Å². The molecule has 1 aromatic carbocycles. The molecule has 0 bridgehead atoms. The SMILES string of the molecule is Cc1cc(C(=O)O)ccc1NC(=O)c1cnccn1. The number of carbonyl (C=O) groups is 2. The van der Waals surface area contributed by atoms with E-state index in [1.54, 1.807) is 13.0 Å². The minimum absolute atomic E-state index is 0.176. The summed E-state index contributed by atoms with van der Waals surface area (Å²) in [4.78, 5) is 30.3. The van der Waals surface area contributed by atoms with Crippen LogP contribution in [0.1, 0.15) is 26.4 Å². The fourth-order valence-electron chi connectivity index (χ4n) is 1.54. The van der Waals surface area contributed by atoms with Crippen LogP contribution in [0.15, 0.2) is 36.8 Å². The van der Waals surface area contributed by atoms with Gasteiger partial charge in [0.15, 0.2) is 0 Å². The van der Waals surface area contributed by atoms with Gasteiger partial charge in [-0.15, -0.1) is 0 Å². The maximum absolute atomic E-state index is 11.9. The second-order valence-electron chi connectivity index (χ2n) is 3.88. The fraction of sp³-hybridized carbons (Fsp3) is 0.0769. The fourth-order valence-corrected chi connectivity index (χ4v) is 1.54. The molecule has 6 heteroatoms. The summed E-state index contributed by atoms with van der Waals surface area (Å²) >= 11 is 0. The minimum Gasteiger partial charge on any atom is -0.478 e. The standard InChI is InChI=1S/C13H11N3O3/c1-8-6-9(13(18)19)2-3-10(8)16-12(17)11-7-14-4-5-15-11/h2-7H,1H3,(H,16,17)(H,18,19). The van der Waals surface area contributed by atoms with E-state index in [0.717, 1.165) is 0 Å². The average molecular weight is 257 g/mol. The number of hydrogen-bond acceptors (Lipinski definition) is 4. The van der Waals surface area contributed by atoms with E-state index in [9.17, 15) is 9.59 Å². The molecule has 0 saturated heterocycles. The highest BCUT2D eigenvalue weighted by Crippen LogP contribution is 2.17. The minimum atomic E-state index is -1.00. The zero-order chi connectivity index (χ0) is 13.8. The number of rotatable bonds is 3. The molecule has 96 valence electrons. The Bertz CT molecular complexity index is 626. The predicted octanol–water partition coefficient (Wildman–Crippen LogP) is 1.74. The number of hydrogen-bond donors (Lipinski definition) is 2. The molecule has 0 fully saturated rings. The Morgan fingerprint density at radius 2 is 2.05 bits per heavy atom. The van der Waals surface area contributed by atoms with Crippen LogP contribution in [-0.2, 0) is 0 Å². The van der Waals surface area contributed by atoms with E-state index in [2.05, 4.69) is 15.3 Å². The van der Waals surface area contributed by atoms with Gasteiger partial charge in [0, 0.05) is 18.1 Å². The Morgan fingerprint density at radius 1 is 1.26 bits per heavy atom. The summed E-state index contributed by atoms with van der Waals surface area (Å²) in [5.74, 6) is -1.39. The first-order valence-corrected chi connectivity index (χ1v) is 5.49. The van der Waals surface area contributed by atoms with Crippen molar-refractivity contribution < 1.29 is 14.7 Å². The highest BCUT2D eigenvalue weighted by molar-refractivity contribution is 6.03. The van der Waals surface area contributed by atoms with Crippen molar-refractivity contribution in [1.29, 1.82) is 0 Å². The Kier molecular flexibility index (Phi) is 3.51. The third-order valence-corrected chi connectivity index (χ3v) is 2.52. The molecule has 0 unspecified atom stereocenters. The topological polar surface area (TPSA) is 92.2 Å². The third kappa shape index (κ3) is 2.92.